The van der Waals surface area contributed by atoms with Crippen molar-refractivity contribution < 1.29 is 23.6 Å². The molecule has 150 valence electrons. The summed E-state index contributed by atoms with van der Waals surface area (Å²) in [5, 5.41) is 0. The van der Waals surface area contributed by atoms with Gasteiger partial charge in [-0.05, 0) is 36.5 Å². The molecule has 0 saturated heterocycles. The number of phosphoric acid groups is 1. The van der Waals surface area contributed by atoms with Crippen LogP contribution in [-0.4, -0.2) is 23.0 Å². The van der Waals surface area contributed by atoms with Crippen LogP contribution in [0.4, 0.5) is 0 Å². The van der Waals surface area contributed by atoms with Crippen LogP contribution in [0.15, 0.2) is 24.3 Å². The van der Waals surface area contributed by atoms with Gasteiger partial charge in [0.1, 0.15) is 12.4 Å². The summed E-state index contributed by atoms with van der Waals surface area (Å²) in [6.45, 7) is 4.56. The number of unbranched alkanes of at least 4 members (excludes halogenated alkanes) is 6. The van der Waals surface area contributed by atoms with Gasteiger partial charge in [-0.3, -0.25) is 4.52 Å². The Morgan fingerprint density at radius 3 is 2.04 bits per heavy atom. The molecule has 0 fully saturated rings. The molecule has 0 radical (unpaired) electrons. The van der Waals surface area contributed by atoms with Crippen LogP contribution < -0.4 is 4.74 Å². The maximum Gasteiger partial charge on any atom is 0.469 e. The fourth-order valence-corrected chi connectivity index (χ4v) is 3.15. The second-order valence-electron chi connectivity index (χ2n) is 7.22. The molecule has 1 aromatic carbocycles. The fourth-order valence-electron chi connectivity index (χ4n) is 2.83. The van der Waals surface area contributed by atoms with Gasteiger partial charge in [0.05, 0.1) is 6.61 Å². The third-order valence-electron chi connectivity index (χ3n) is 4.28. The van der Waals surface area contributed by atoms with E-state index >= 15 is 0 Å². The minimum atomic E-state index is -4.41. The van der Waals surface area contributed by atoms with Gasteiger partial charge in [-0.15, -0.1) is 0 Å². The number of rotatable bonds is 15. The van der Waals surface area contributed by atoms with Crippen LogP contribution in [0.25, 0.3) is 0 Å². The normalized spacial score (nSPS) is 11.9. The number of hydrogen-bond acceptors (Lipinski definition) is 3. The first-order chi connectivity index (χ1) is 12.4. The standard InChI is InChI=1S/C20H35O5P/c1-18(2)10-8-6-4-3-5-7-9-11-19-12-14-20(15-13-19)24-16-17-25-26(21,22)23/h12-15,18H,3-11,16-17H2,1-2H3,(H2,21,22,23). The zero-order valence-electron chi connectivity index (χ0n) is 16.2. The highest BCUT2D eigenvalue weighted by atomic mass is 31.2. The number of aryl methyl sites for hydroxylation is 1. The van der Waals surface area contributed by atoms with E-state index in [1.54, 1.807) is 0 Å². The highest BCUT2D eigenvalue weighted by molar-refractivity contribution is 7.46. The van der Waals surface area contributed by atoms with E-state index in [4.69, 9.17) is 14.5 Å². The lowest BCUT2D eigenvalue weighted by atomic mass is 10.0. The second kappa shape index (κ2) is 13.3. The van der Waals surface area contributed by atoms with Crippen LogP contribution in [0.3, 0.4) is 0 Å². The Hall–Kier alpha value is -0.870. The molecule has 26 heavy (non-hydrogen) atoms. The van der Waals surface area contributed by atoms with Crippen LogP contribution >= 0.6 is 7.82 Å². The van der Waals surface area contributed by atoms with E-state index in [2.05, 4.69) is 18.4 Å². The van der Waals surface area contributed by atoms with Crippen molar-refractivity contribution >= 4 is 7.82 Å². The largest absolute Gasteiger partial charge is 0.491 e. The molecule has 1 aromatic rings. The van der Waals surface area contributed by atoms with Crippen LogP contribution in [0, 0.1) is 5.92 Å². The first kappa shape index (κ1) is 23.2. The molecule has 0 heterocycles. The van der Waals surface area contributed by atoms with E-state index in [9.17, 15) is 4.57 Å². The third-order valence-corrected chi connectivity index (χ3v) is 4.80. The van der Waals surface area contributed by atoms with Crippen LogP contribution in [0.2, 0.25) is 0 Å². The number of benzene rings is 1. The van der Waals surface area contributed by atoms with Gasteiger partial charge in [0.25, 0.3) is 0 Å². The van der Waals surface area contributed by atoms with E-state index in [0.717, 1.165) is 12.3 Å². The smallest absolute Gasteiger partial charge is 0.469 e. The summed E-state index contributed by atoms with van der Waals surface area (Å²) in [6.07, 6.45) is 11.7. The summed E-state index contributed by atoms with van der Waals surface area (Å²) in [7, 11) is -4.41. The minimum absolute atomic E-state index is 0.113. The zero-order chi connectivity index (χ0) is 19.3. The first-order valence-electron chi connectivity index (χ1n) is 9.78. The Bertz CT molecular complexity index is 509. The number of hydrogen-bond donors (Lipinski definition) is 2. The lowest BCUT2D eigenvalue weighted by Crippen LogP contribution is -2.05. The average molecular weight is 386 g/mol. The maximum atomic E-state index is 10.5. The molecule has 0 spiro atoms. The van der Waals surface area contributed by atoms with Gasteiger partial charge in [0.15, 0.2) is 0 Å². The quantitative estimate of drug-likeness (QED) is 0.308. The molecule has 5 nitrogen and oxygen atoms in total. The number of ether oxygens (including phenoxy) is 1. The molecule has 0 aliphatic carbocycles. The predicted molar refractivity (Wildman–Crippen MR) is 105 cm³/mol. The van der Waals surface area contributed by atoms with Crippen LogP contribution in [0.5, 0.6) is 5.75 Å². The molecule has 0 aliphatic heterocycles. The van der Waals surface area contributed by atoms with Crippen molar-refractivity contribution in [3.8, 4) is 5.75 Å². The van der Waals surface area contributed by atoms with Gasteiger partial charge >= 0.3 is 7.82 Å². The monoisotopic (exact) mass is 386 g/mol. The van der Waals surface area contributed by atoms with E-state index < -0.39 is 7.82 Å². The summed E-state index contributed by atoms with van der Waals surface area (Å²) in [5.41, 5.74) is 1.29. The molecule has 0 amide bonds. The van der Waals surface area contributed by atoms with Crippen molar-refractivity contribution in [2.45, 2.75) is 71.6 Å². The SMILES string of the molecule is CC(C)CCCCCCCCCc1ccc(OCCOP(=O)(O)O)cc1. The lowest BCUT2D eigenvalue weighted by Gasteiger charge is -2.08. The zero-order valence-corrected chi connectivity index (χ0v) is 17.1. The Balaban J connectivity index is 2.03. The molecule has 0 unspecified atom stereocenters. The van der Waals surface area contributed by atoms with Gasteiger partial charge < -0.3 is 14.5 Å². The molecule has 2 N–H and O–H groups in total. The summed E-state index contributed by atoms with van der Waals surface area (Å²) < 4.78 is 20.3. The molecule has 1 rings (SSSR count). The molecule has 0 saturated carbocycles. The molecule has 0 atom stereocenters. The predicted octanol–water partition coefficient (Wildman–Crippen LogP) is 5.49. The summed E-state index contributed by atoms with van der Waals surface area (Å²) in [5.74, 6) is 1.52. The Morgan fingerprint density at radius 2 is 1.46 bits per heavy atom. The van der Waals surface area contributed by atoms with Gasteiger partial charge in [0, 0.05) is 0 Å². The van der Waals surface area contributed by atoms with Crippen molar-refractivity contribution in [3.05, 3.63) is 29.8 Å². The van der Waals surface area contributed by atoms with E-state index in [1.165, 1.54) is 56.9 Å². The van der Waals surface area contributed by atoms with Crippen molar-refractivity contribution in [1.29, 1.82) is 0 Å². The highest BCUT2D eigenvalue weighted by Gasteiger charge is 2.12. The molecule has 0 aliphatic rings. The number of phosphoric ester groups is 1. The fraction of sp³-hybridized carbons (Fsp3) is 0.700. The Labute approximate surface area is 158 Å². The molecule has 0 aromatic heterocycles. The van der Waals surface area contributed by atoms with Crippen molar-refractivity contribution in [3.63, 3.8) is 0 Å². The van der Waals surface area contributed by atoms with Crippen LogP contribution in [0.1, 0.15) is 70.8 Å². The summed E-state index contributed by atoms with van der Waals surface area (Å²) in [6, 6.07) is 7.87. The maximum absolute atomic E-state index is 10.5. The third kappa shape index (κ3) is 13.3. The second-order valence-corrected chi connectivity index (χ2v) is 8.46. The lowest BCUT2D eigenvalue weighted by molar-refractivity contribution is 0.160. The van der Waals surface area contributed by atoms with Gasteiger partial charge in [-0.25, -0.2) is 4.57 Å². The molecule has 0 bridgehead atoms. The van der Waals surface area contributed by atoms with E-state index in [1.807, 2.05) is 24.3 Å². The molecular formula is C20H35O5P. The molecule has 6 heteroatoms. The van der Waals surface area contributed by atoms with Crippen molar-refractivity contribution in [2.75, 3.05) is 13.2 Å². The minimum Gasteiger partial charge on any atom is -0.491 e. The average Bonchev–Trinajstić information content (AvgIpc) is 2.57. The summed E-state index contributed by atoms with van der Waals surface area (Å²) in [4.78, 5) is 17.2. The van der Waals surface area contributed by atoms with Gasteiger partial charge in [-0.1, -0.05) is 70.9 Å². The van der Waals surface area contributed by atoms with Crippen molar-refractivity contribution in [2.24, 2.45) is 5.92 Å². The van der Waals surface area contributed by atoms with E-state index in [-0.39, 0.29) is 13.2 Å². The van der Waals surface area contributed by atoms with Crippen molar-refractivity contribution in [1.82, 2.24) is 0 Å². The molecular weight excluding hydrogens is 351 g/mol. The Kier molecular flexibility index (Phi) is 11.9. The Morgan fingerprint density at radius 1 is 0.885 bits per heavy atom. The highest BCUT2D eigenvalue weighted by Crippen LogP contribution is 2.35. The van der Waals surface area contributed by atoms with E-state index in [0.29, 0.717) is 5.75 Å². The van der Waals surface area contributed by atoms with Gasteiger partial charge in [-0.2, -0.15) is 0 Å². The van der Waals surface area contributed by atoms with Crippen LogP contribution in [-0.2, 0) is 15.5 Å². The first-order valence-corrected chi connectivity index (χ1v) is 11.3. The van der Waals surface area contributed by atoms with Gasteiger partial charge in [0.2, 0.25) is 0 Å². The topological polar surface area (TPSA) is 76.0 Å². The summed E-state index contributed by atoms with van der Waals surface area (Å²) >= 11 is 0.